The van der Waals surface area contributed by atoms with Crippen LogP contribution in [0.4, 0.5) is 0 Å². The number of fused-ring (bicyclic) bond motifs is 1. The van der Waals surface area contributed by atoms with Crippen LogP contribution in [0.1, 0.15) is 33.5 Å². The number of aryl methyl sites for hydroxylation is 2. The van der Waals surface area contributed by atoms with Gasteiger partial charge in [0.05, 0.1) is 0 Å². The van der Waals surface area contributed by atoms with Gasteiger partial charge in [0.2, 0.25) is 0 Å². The van der Waals surface area contributed by atoms with E-state index >= 15 is 0 Å². The number of Topliss-reactive ketones (excluding diaryl/α,β-unsaturated/α-hetero) is 1. The van der Waals surface area contributed by atoms with E-state index in [1.807, 2.05) is 30.3 Å². The minimum Gasteiger partial charge on any atom is -0.489 e. The Kier molecular flexibility index (Phi) is 3.08. The Labute approximate surface area is 113 Å². The highest BCUT2D eigenvalue weighted by molar-refractivity contribution is 6.00. The summed E-state index contributed by atoms with van der Waals surface area (Å²) in [4.78, 5) is 11.6. The van der Waals surface area contributed by atoms with E-state index in [4.69, 9.17) is 4.74 Å². The Balaban J connectivity index is 1.75. The van der Waals surface area contributed by atoms with Crippen LogP contribution < -0.4 is 4.74 Å². The van der Waals surface area contributed by atoms with Crippen LogP contribution >= 0.6 is 0 Å². The van der Waals surface area contributed by atoms with Crippen LogP contribution in [0.5, 0.6) is 5.75 Å². The maximum atomic E-state index is 11.6. The summed E-state index contributed by atoms with van der Waals surface area (Å²) in [7, 11) is 0. The number of hydrogen-bond donors (Lipinski definition) is 0. The maximum Gasteiger partial charge on any atom is 0.163 e. The van der Waals surface area contributed by atoms with E-state index in [0.717, 1.165) is 23.3 Å². The van der Waals surface area contributed by atoms with Gasteiger partial charge in [-0.15, -0.1) is 0 Å². The van der Waals surface area contributed by atoms with E-state index in [1.165, 1.54) is 11.1 Å². The molecule has 0 aliphatic heterocycles. The lowest BCUT2D eigenvalue weighted by molar-refractivity contribution is 0.0994. The molecule has 2 aromatic carbocycles. The molecule has 1 aliphatic carbocycles. The largest absolute Gasteiger partial charge is 0.489 e. The van der Waals surface area contributed by atoms with Crippen molar-refractivity contribution in [1.29, 1.82) is 0 Å². The Hall–Kier alpha value is -2.09. The normalized spacial score (nSPS) is 13.4. The number of carbonyl (C=O) groups is 1. The molecule has 0 fully saturated rings. The van der Waals surface area contributed by atoms with Gasteiger partial charge in [-0.2, -0.15) is 0 Å². The molecular formula is C17H16O2. The average molecular weight is 252 g/mol. The second-order valence-corrected chi connectivity index (χ2v) is 4.96. The van der Waals surface area contributed by atoms with Crippen LogP contribution in [0, 0.1) is 6.92 Å². The molecule has 0 atom stereocenters. The number of carbonyl (C=O) groups excluding carboxylic acids is 1. The van der Waals surface area contributed by atoms with Crippen LogP contribution in [0.2, 0.25) is 0 Å². The van der Waals surface area contributed by atoms with E-state index in [9.17, 15) is 4.79 Å². The molecule has 0 saturated heterocycles. The third kappa shape index (κ3) is 2.39. The molecule has 19 heavy (non-hydrogen) atoms. The van der Waals surface area contributed by atoms with Crippen LogP contribution in [0.15, 0.2) is 42.5 Å². The molecule has 0 saturated carbocycles. The smallest absolute Gasteiger partial charge is 0.163 e. The van der Waals surface area contributed by atoms with Crippen LogP contribution in [-0.2, 0) is 13.0 Å². The van der Waals surface area contributed by atoms with Gasteiger partial charge in [0.15, 0.2) is 5.78 Å². The van der Waals surface area contributed by atoms with Crippen molar-refractivity contribution < 1.29 is 9.53 Å². The molecule has 0 bridgehead atoms. The molecule has 0 N–H and O–H groups in total. The Bertz CT molecular complexity index is 629. The van der Waals surface area contributed by atoms with Crippen molar-refractivity contribution >= 4 is 5.78 Å². The van der Waals surface area contributed by atoms with Gasteiger partial charge in [-0.1, -0.05) is 24.3 Å². The summed E-state index contributed by atoms with van der Waals surface area (Å²) in [6, 6.07) is 14.0. The van der Waals surface area contributed by atoms with Crippen molar-refractivity contribution in [2.75, 3.05) is 0 Å². The molecule has 96 valence electrons. The molecule has 0 amide bonds. The van der Waals surface area contributed by atoms with Gasteiger partial charge in [0.1, 0.15) is 12.4 Å². The van der Waals surface area contributed by atoms with Crippen molar-refractivity contribution in [1.82, 2.24) is 0 Å². The topological polar surface area (TPSA) is 26.3 Å². The molecule has 0 radical (unpaired) electrons. The minimum absolute atomic E-state index is 0.250. The summed E-state index contributed by atoms with van der Waals surface area (Å²) in [6.45, 7) is 2.65. The first kappa shape index (κ1) is 12.0. The van der Waals surface area contributed by atoms with Crippen molar-refractivity contribution in [3.05, 3.63) is 64.7 Å². The first-order chi connectivity index (χ1) is 9.24. The molecule has 3 rings (SSSR count). The number of ether oxygens (including phenoxy) is 1. The van der Waals surface area contributed by atoms with E-state index in [2.05, 4.69) is 19.1 Å². The zero-order valence-corrected chi connectivity index (χ0v) is 11.0. The Morgan fingerprint density at radius 1 is 1.11 bits per heavy atom. The average Bonchev–Trinajstić information content (AvgIpc) is 2.79. The van der Waals surface area contributed by atoms with Crippen molar-refractivity contribution in [3.63, 3.8) is 0 Å². The summed E-state index contributed by atoms with van der Waals surface area (Å²) in [5.41, 5.74) is 4.41. The fourth-order valence-corrected chi connectivity index (χ4v) is 2.45. The first-order valence-corrected chi connectivity index (χ1v) is 6.57. The molecule has 2 nitrogen and oxygen atoms in total. The van der Waals surface area contributed by atoms with E-state index in [-0.39, 0.29) is 5.78 Å². The van der Waals surface area contributed by atoms with E-state index in [0.29, 0.717) is 13.0 Å². The number of hydrogen-bond acceptors (Lipinski definition) is 2. The van der Waals surface area contributed by atoms with Crippen molar-refractivity contribution in [2.45, 2.75) is 26.4 Å². The van der Waals surface area contributed by atoms with E-state index in [1.54, 1.807) is 0 Å². The first-order valence-electron chi connectivity index (χ1n) is 6.57. The summed E-state index contributed by atoms with van der Waals surface area (Å²) >= 11 is 0. The molecule has 0 aromatic heterocycles. The van der Waals surface area contributed by atoms with Crippen LogP contribution in [-0.4, -0.2) is 5.78 Å². The predicted octanol–water partition coefficient (Wildman–Crippen LogP) is 3.70. The second kappa shape index (κ2) is 4.88. The highest BCUT2D eigenvalue weighted by Gasteiger charge is 2.19. The maximum absolute atomic E-state index is 11.6. The molecule has 2 aromatic rings. The lowest BCUT2D eigenvalue weighted by atomic mass is 10.1. The standard InChI is InChI=1S/C17H16O2/c1-12-4-2-3-5-14(12)11-19-15-7-8-16-13(10-15)6-9-17(16)18/h2-5,7-8,10H,6,9,11H2,1H3. The summed E-state index contributed by atoms with van der Waals surface area (Å²) < 4.78 is 5.82. The third-order valence-corrected chi connectivity index (χ3v) is 3.65. The lowest BCUT2D eigenvalue weighted by Gasteiger charge is -2.09. The number of benzene rings is 2. The number of ketones is 1. The van der Waals surface area contributed by atoms with E-state index < -0.39 is 0 Å². The Morgan fingerprint density at radius 2 is 1.95 bits per heavy atom. The van der Waals surface area contributed by atoms with Crippen molar-refractivity contribution in [2.24, 2.45) is 0 Å². The highest BCUT2D eigenvalue weighted by Crippen LogP contribution is 2.26. The highest BCUT2D eigenvalue weighted by atomic mass is 16.5. The lowest BCUT2D eigenvalue weighted by Crippen LogP contribution is -1.98. The molecule has 2 heteroatoms. The van der Waals surface area contributed by atoms with Gasteiger partial charge in [0.25, 0.3) is 0 Å². The minimum atomic E-state index is 0.250. The third-order valence-electron chi connectivity index (χ3n) is 3.65. The SMILES string of the molecule is Cc1ccccc1COc1ccc2c(c1)CCC2=O. The number of rotatable bonds is 3. The molecular weight excluding hydrogens is 236 g/mol. The summed E-state index contributed by atoms with van der Waals surface area (Å²) in [5.74, 6) is 1.09. The monoisotopic (exact) mass is 252 g/mol. The van der Waals surface area contributed by atoms with Crippen LogP contribution in [0.25, 0.3) is 0 Å². The zero-order chi connectivity index (χ0) is 13.2. The van der Waals surface area contributed by atoms with Gasteiger partial charge in [-0.3, -0.25) is 4.79 Å². The second-order valence-electron chi connectivity index (χ2n) is 4.96. The van der Waals surface area contributed by atoms with Gasteiger partial charge in [-0.05, 0) is 48.2 Å². The fraction of sp³-hybridized carbons (Fsp3) is 0.235. The van der Waals surface area contributed by atoms with Gasteiger partial charge in [-0.25, -0.2) is 0 Å². The summed E-state index contributed by atoms with van der Waals surface area (Å²) in [6.07, 6.45) is 1.48. The zero-order valence-electron chi connectivity index (χ0n) is 11.0. The van der Waals surface area contributed by atoms with Gasteiger partial charge < -0.3 is 4.74 Å². The molecule has 0 unspecified atom stereocenters. The molecule has 1 aliphatic rings. The van der Waals surface area contributed by atoms with Gasteiger partial charge in [0, 0.05) is 12.0 Å². The molecule has 0 spiro atoms. The van der Waals surface area contributed by atoms with Crippen molar-refractivity contribution in [3.8, 4) is 5.75 Å². The fourth-order valence-electron chi connectivity index (χ4n) is 2.45. The van der Waals surface area contributed by atoms with Crippen LogP contribution in [0.3, 0.4) is 0 Å². The quantitative estimate of drug-likeness (QED) is 0.832. The summed E-state index contributed by atoms with van der Waals surface area (Å²) in [5, 5.41) is 0. The van der Waals surface area contributed by atoms with Gasteiger partial charge >= 0.3 is 0 Å². The Morgan fingerprint density at radius 3 is 2.79 bits per heavy atom. The predicted molar refractivity (Wildman–Crippen MR) is 74.6 cm³/mol. The molecule has 0 heterocycles.